The fourth-order valence-electron chi connectivity index (χ4n) is 2.24. The lowest BCUT2D eigenvalue weighted by Crippen LogP contribution is -2.41. The number of ether oxygens (including phenoxy) is 1. The summed E-state index contributed by atoms with van der Waals surface area (Å²) in [5.74, 6) is -1.22. The molecule has 2 N–H and O–H groups in total. The Bertz CT molecular complexity index is 684. The van der Waals surface area contributed by atoms with Crippen molar-refractivity contribution in [3.63, 3.8) is 0 Å². The monoisotopic (exact) mass is 319 g/mol. The van der Waals surface area contributed by atoms with Crippen LogP contribution >= 0.6 is 0 Å². The van der Waals surface area contributed by atoms with Crippen molar-refractivity contribution in [2.24, 2.45) is 10.9 Å². The van der Waals surface area contributed by atoms with Gasteiger partial charge in [-0.3, -0.25) is 9.78 Å². The highest BCUT2D eigenvalue weighted by atomic mass is 16.5. The number of aromatic carboxylic acids is 1. The minimum atomic E-state index is -1.13. The van der Waals surface area contributed by atoms with Gasteiger partial charge in [0, 0.05) is 13.3 Å². The summed E-state index contributed by atoms with van der Waals surface area (Å²) in [6.07, 6.45) is 1.26. The van der Waals surface area contributed by atoms with Gasteiger partial charge in [-0.15, -0.1) is 0 Å². The number of pyridine rings is 1. The molecule has 0 saturated heterocycles. The highest BCUT2D eigenvalue weighted by molar-refractivity contribution is 6.17. The van der Waals surface area contributed by atoms with E-state index >= 15 is 0 Å². The summed E-state index contributed by atoms with van der Waals surface area (Å²) in [6, 6.07) is 1.50. The number of amidine groups is 1. The fourth-order valence-corrected chi connectivity index (χ4v) is 2.24. The molecule has 7 heteroatoms. The van der Waals surface area contributed by atoms with E-state index in [0.717, 1.165) is 0 Å². The number of aromatic nitrogens is 1. The van der Waals surface area contributed by atoms with Crippen LogP contribution in [0.15, 0.2) is 17.3 Å². The van der Waals surface area contributed by atoms with Crippen molar-refractivity contribution in [2.45, 2.75) is 39.3 Å². The Labute approximate surface area is 134 Å². The summed E-state index contributed by atoms with van der Waals surface area (Å²) in [7, 11) is 1.54. The Morgan fingerprint density at radius 3 is 2.52 bits per heavy atom. The molecule has 0 saturated carbocycles. The van der Waals surface area contributed by atoms with E-state index < -0.39 is 11.5 Å². The Kier molecular flexibility index (Phi) is 4.51. The van der Waals surface area contributed by atoms with E-state index in [1.54, 1.807) is 13.8 Å². The van der Waals surface area contributed by atoms with E-state index in [0.29, 0.717) is 5.56 Å². The summed E-state index contributed by atoms with van der Waals surface area (Å²) in [5.41, 5.74) is -0.142. The van der Waals surface area contributed by atoms with Crippen molar-refractivity contribution < 1.29 is 19.4 Å². The molecule has 1 aliphatic heterocycles. The quantitative estimate of drug-likeness (QED) is 0.861. The molecular formula is C16H21N3O4. The second kappa shape index (κ2) is 6.08. The lowest BCUT2D eigenvalue weighted by atomic mass is 9.89. The summed E-state index contributed by atoms with van der Waals surface area (Å²) in [6.45, 7) is 7.30. The second-order valence-electron chi connectivity index (χ2n) is 6.06. The van der Waals surface area contributed by atoms with Crippen molar-refractivity contribution in [1.29, 1.82) is 0 Å². The molecule has 2 unspecified atom stereocenters. The number of nitrogens with zero attached hydrogens (tertiary/aromatic N) is 2. The molecule has 0 aromatic carbocycles. The first-order chi connectivity index (χ1) is 10.7. The largest absolute Gasteiger partial charge is 0.478 e. The SMILES string of the molecule is COC(C)c1cnc(C2=NC(C)(C(C)C)C(=O)N2)c(C(=O)O)c1. The molecule has 0 fully saturated rings. The van der Waals surface area contributed by atoms with Crippen LogP contribution in [0.3, 0.4) is 0 Å². The topological polar surface area (TPSA) is 101 Å². The van der Waals surface area contributed by atoms with Gasteiger partial charge in [0.15, 0.2) is 5.84 Å². The predicted molar refractivity (Wildman–Crippen MR) is 84.5 cm³/mol. The Morgan fingerprint density at radius 2 is 2.04 bits per heavy atom. The average Bonchev–Trinajstić information content (AvgIpc) is 2.82. The first kappa shape index (κ1) is 17.1. The Balaban J connectivity index is 2.52. The van der Waals surface area contributed by atoms with Gasteiger partial charge in [0.2, 0.25) is 0 Å². The van der Waals surface area contributed by atoms with Crippen LogP contribution in [0.4, 0.5) is 0 Å². The van der Waals surface area contributed by atoms with Gasteiger partial charge < -0.3 is 15.2 Å². The standard InChI is InChI=1S/C16H21N3O4/c1-8(2)16(4)15(22)18-13(19-16)12-11(14(20)21)6-10(7-17-12)9(3)23-5/h6-9H,1-5H3,(H,20,21)(H,18,19,22). The number of carboxylic acid groups (broad SMARTS) is 1. The molecule has 1 amide bonds. The van der Waals surface area contributed by atoms with Crippen molar-refractivity contribution in [1.82, 2.24) is 10.3 Å². The highest BCUT2D eigenvalue weighted by Crippen LogP contribution is 2.28. The van der Waals surface area contributed by atoms with Crippen molar-refractivity contribution in [3.05, 3.63) is 29.1 Å². The molecule has 0 radical (unpaired) electrons. The van der Waals surface area contributed by atoms with E-state index in [1.807, 2.05) is 13.8 Å². The molecule has 1 aromatic heterocycles. The van der Waals surface area contributed by atoms with E-state index in [9.17, 15) is 14.7 Å². The number of hydrogen-bond donors (Lipinski definition) is 2. The normalized spacial score (nSPS) is 22.0. The van der Waals surface area contributed by atoms with Gasteiger partial charge in [0.25, 0.3) is 5.91 Å². The number of nitrogens with one attached hydrogen (secondary N) is 1. The Morgan fingerprint density at radius 1 is 1.39 bits per heavy atom. The average molecular weight is 319 g/mol. The fraction of sp³-hybridized carbons (Fsp3) is 0.500. The van der Waals surface area contributed by atoms with Gasteiger partial charge in [-0.05, 0) is 31.4 Å². The number of methoxy groups -OCH3 is 1. The number of carboxylic acids is 1. The third-order valence-electron chi connectivity index (χ3n) is 4.35. The highest BCUT2D eigenvalue weighted by Gasteiger charge is 2.43. The molecule has 1 aliphatic rings. The van der Waals surface area contributed by atoms with Crippen molar-refractivity contribution >= 4 is 17.7 Å². The molecular weight excluding hydrogens is 298 g/mol. The van der Waals surface area contributed by atoms with Crippen LogP contribution in [0, 0.1) is 5.92 Å². The lowest BCUT2D eigenvalue weighted by Gasteiger charge is -2.21. The van der Waals surface area contributed by atoms with E-state index in [1.165, 1.54) is 19.4 Å². The van der Waals surface area contributed by atoms with Gasteiger partial charge in [-0.25, -0.2) is 9.79 Å². The molecule has 1 aromatic rings. The summed E-state index contributed by atoms with van der Waals surface area (Å²) >= 11 is 0. The van der Waals surface area contributed by atoms with Gasteiger partial charge >= 0.3 is 5.97 Å². The third-order valence-corrected chi connectivity index (χ3v) is 4.35. The lowest BCUT2D eigenvalue weighted by molar-refractivity contribution is -0.124. The minimum Gasteiger partial charge on any atom is -0.478 e. The van der Waals surface area contributed by atoms with E-state index in [-0.39, 0.29) is 35.0 Å². The Hall–Kier alpha value is -2.28. The van der Waals surface area contributed by atoms with Gasteiger partial charge in [-0.1, -0.05) is 13.8 Å². The minimum absolute atomic E-state index is 0.0153. The zero-order valence-electron chi connectivity index (χ0n) is 13.9. The zero-order valence-corrected chi connectivity index (χ0v) is 13.9. The molecule has 124 valence electrons. The smallest absolute Gasteiger partial charge is 0.338 e. The maximum Gasteiger partial charge on any atom is 0.338 e. The van der Waals surface area contributed by atoms with Crippen LogP contribution in [0.25, 0.3) is 0 Å². The first-order valence-electron chi connectivity index (χ1n) is 7.38. The first-order valence-corrected chi connectivity index (χ1v) is 7.38. The maximum atomic E-state index is 12.2. The van der Waals surface area contributed by atoms with Crippen molar-refractivity contribution in [2.75, 3.05) is 7.11 Å². The number of aliphatic imine (C=N–C) groups is 1. The summed E-state index contributed by atoms with van der Waals surface area (Å²) < 4.78 is 5.18. The number of hydrogen-bond acceptors (Lipinski definition) is 5. The second-order valence-corrected chi connectivity index (χ2v) is 6.06. The summed E-state index contributed by atoms with van der Waals surface area (Å²) in [4.78, 5) is 32.4. The third kappa shape index (κ3) is 2.96. The molecule has 0 bridgehead atoms. The van der Waals surface area contributed by atoms with Crippen LogP contribution in [-0.4, -0.2) is 40.5 Å². The molecule has 2 heterocycles. The molecule has 0 spiro atoms. The van der Waals surface area contributed by atoms with Crippen LogP contribution in [0.5, 0.6) is 0 Å². The molecule has 23 heavy (non-hydrogen) atoms. The van der Waals surface area contributed by atoms with Gasteiger partial charge in [0.05, 0.1) is 11.7 Å². The number of carbonyl (C=O) groups excluding carboxylic acids is 1. The van der Waals surface area contributed by atoms with Gasteiger partial charge in [0.1, 0.15) is 11.2 Å². The number of carbonyl (C=O) groups is 2. The van der Waals surface area contributed by atoms with Crippen molar-refractivity contribution in [3.8, 4) is 0 Å². The van der Waals surface area contributed by atoms with Crippen LogP contribution < -0.4 is 5.32 Å². The predicted octanol–water partition coefficient (Wildman–Crippen LogP) is 1.78. The molecule has 0 aliphatic carbocycles. The van der Waals surface area contributed by atoms with Crippen LogP contribution in [-0.2, 0) is 9.53 Å². The van der Waals surface area contributed by atoms with Crippen LogP contribution in [0.1, 0.15) is 55.4 Å². The maximum absolute atomic E-state index is 12.2. The van der Waals surface area contributed by atoms with Crippen LogP contribution in [0.2, 0.25) is 0 Å². The summed E-state index contributed by atoms with van der Waals surface area (Å²) in [5, 5.41) is 12.1. The van der Waals surface area contributed by atoms with Gasteiger partial charge in [-0.2, -0.15) is 0 Å². The van der Waals surface area contributed by atoms with E-state index in [2.05, 4.69) is 15.3 Å². The zero-order chi connectivity index (χ0) is 17.4. The number of rotatable bonds is 5. The molecule has 7 nitrogen and oxygen atoms in total. The molecule has 2 rings (SSSR count). The molecule has 2 atom stereocenters. The number of amides is 1. The van der Waals surface area contributed by atoms with E-state index in [4.69, 9.17) is 4.74 Å².